The number of halogens is 6. The van der Waals surface area contributed by atoms with Crippen molar-refractivity contribution >= 4 is 23.3 Å². The minimum Gasteiger partial charge on any atom is -0.478 e. The zero-order valence-corrected chi connectivity index (χ0v) is 13.6. The second kappa shape index (κ2) is 8.06. The van der Waals surface area contributed by atoms with Gasteiger partial charge in [-0.15, -0.1) is 0 Å². The molecule has 152 valence electrons. The van der Waals surface area contributed by atoms with Gasteiger partial charge in [0.25, 0.3) is 0 Å². The lowest BCUT2D eigenvalue weighted by molar-refractivity contribution is -0.138. The van der Waals surface area contributed by atoms with Crippen molar-refractivity contribution in [3.63, 3.8) is 0 Å². The second-order valence-electron chi connectivity index (χ2n) is 5.21. The highest BCUT2D eigenvalue weighted by Gasteiger charge is 2.32. The Hall–Kier alpha value is -3.44. The lowest BCUT2D eigenvalue weighted by atomic mass is 10.1. The Morgan fingerprint density at radius 2 is 0.964 bits per heavy atom. The maximum Gasteiger partial charge on any atom is 0.416 e. The first-order valence-corrected chi connectivity index (χ1v) is 7.04. The number of benzene rings is 2. The van der Waals surface area contributed by atoms with Gasteiger partial charge in [0.15, 0.2) is 0 Å². The van der Waals surface area contributed by atoms with E-state index in [-0.39, 0.29) is 11.1 Å². The van der Waals surface area contributed by atoms with E-state index in [0.717, 1.165) is 12.1 Å². The maximum absolute atomic E-state index is 12.1. The van der Waals surface area contributed by atoms with E-state index in [0.29, 0.717) is 24.3 Å². The smallest absolute Gasteiger partial charge is 0.416 e. The SMILES string of the molecule is Nc1cc(C(F)(F)F)ccc1C(=O)O.Nc1cc(C(F)(F)F)ccc1C(=O)O. The van der Waals surface area contributed by atoms with Crippen LogP contribution in [0.25, 0.3) is 0 Å². The van der Waals surface area contributed by atoms with Crippen LogP contribution in [0.1, 0.15) is 31.8 Å². The molecular weight excluding hydrogens is 398 g/mol. The number of anilines is 2. The van der Waals surface area contributed by atoms with Crippen molar-refractivity contribution in [2.24, 2.45) is 0 Å². The number of alkyl halides is 6. The molecule has 0 bridgehead atoms. The summed E-state index contributed by atoms with van der Waals surface area (Å²) in [5.74, 6) is -2.70. The van der Waals surface area contributed by atoms with Crippen LogP contribution in [0.4, 0.5) is 37.7 Å². The standard InChI is InChI=1S/2C8H6F3NO2/c2*9-8(10,11)4-1-2-5(7(13)14)6(12)3-4/h2*1-3H,12H2,(H,13,14). The van der Waals surface area contributed by atoms with Gasteiger partial charge < -0.3 is 21.7 Å². The summed E-state index contributed by atoms with van der Waals surface area (Å²) in [6.45, 7) is 0. The van der Waals surface area contributed by atoms with Crippen molar-refractivity contribution in [2.45, 2.75) is 12.4 Å². The highest BCUT2D eigenvalue weighted by atomic mass is 19.4. The van der Waals surface area contributed by atoms with Crippen molar-refractivity contribution < 1.29 is 46.1 Å². The molecule has 0 spiro atoms. The Labute approximate surface area is 153 Å². The molecule has 0 unspecified atom stereocenters. The Bertz CT molecular complexity index is 820. The molecular formula is C16H12F6N2O4. The molecule has 0 aliphatic rings. The van der Waals surface area contributed by atoms with Crippen molar-refractivity contribution in [1.29, 1.82) is 0 Å². The molecule has 0 heterocycles. The fourth-order valence-corrected chi connectivity index (χ4v) is 1.87. The molecule has 0 radical (unpaired) electrons. The van der Waals surface area contributed by atoms with Crippen LogP contribution in [0, 0.1) is 0 Å². The molecule has 2 aromatic rings. The van der Waals surface area contributed by atoms with E-state index in [9.17, 15) is 35.9 Å². The van der Waals surface area contributed by atoms with Gasteiger partial charge in [-0.25, -0.2) is 9.59 Å². The van der Waals surface area contributed by atoms with Gasteiger partial charge in [0.1, 0.15) is 0 Å². The molecule has 0 saturated carbocycles. The van der Waals surface area contributed by atoms with E-state index in [1.807, 2.05) is 0 Å². The molecule has 0 aromatic heterocycles. The Kier molecular flexibility index (Phi) is 6.51. The number of nitrogens with two attached hydrogens (primary N) is 2. The van der Waals surface area contributed by atoms with Crippen LogP contribution in [0.5, 0.6) is 0 Å². The molecule has 0 amide bonds. The van der Waals surface area contributed by atoms with E-state index in [1.54, 1.807) is 0 Å². The van der Waals surface area contributed by atoms with Crippen LogP contribution in [-0.4, -0.2) is 22.2 Å². The topological polar surface area (TPSA) is 127 Å². The van der Waals surface area contributed by atoms with E-state index in [1.165, 1.54) is 0 Å². The van der Waals surface area contributed by atoms with Gasteiger partial charge in [-0.05, 0) is 36.4 Å². The summed E-state index contributed by atoms with van der Waals surface area (Å²) in [6.07, 6.45) is -9.02. The van der Waals surface area contributed by atoms with Crippen LogP contribution in [0.15, 0.2) is 36.4 Å². The molecule has 0 saturated heterocycles. The normalized spacial score (nSPS) is 11.4. The molecule has 0 aliphatic heterocycles. The van der Waals surface area contributed by atoms with Gasteiger partial charge in [0.05, 0.1) is 22.3 Å². The third-order valence-electron chi connectivity index (χ3n) is 3.22. The molecule has 0 atom stereocenters. The quantitative estimate of drug-likeness (QED) is 0.438. The van der Waals surface area contributed by atoms with Gasteiger partial charge in [0.2, 0.25) is 0 Å². The minimum atomic E-state index is -4.51. The summed E-state index contributed by atoms with van der Waals surface area (Å²) in [5, 5.41) is 17.0. The number of carboxylic acids is 2. The van der Waals surface area contributed by atoms with Crippen LogP contribution in [0.2, 0.25) is 0 Å². The van der Waals surface area contributed by atoms with Crippen molar-refractivity contribution in [1.82, 2.24) is 0 Å². The molecule has 2 aromatic carbocycles. The summed E-state index contributed by atoms with van der Waals surface area (Å²) in [5.41, 5.74) is 6.90. The Morgan fingerprint density at radius 1 is 0.679 bits per heavy atom. The van der Waals surface area contributed by atoms with Crippen LogP contribution in [0.3, 0.4) is 0 Å². The average molecular weight is 410 g/mol. The van der Waals surface area contributed by atoms with Crippen LogP contribution >= 0.6 is 0 Å². The van der Waals surface area contributed by atoms with Crippen molar-refractivity contribution in [2.75, 3.05) is 11.5 Å². The average Bonchev–Trinajstić information content (AvgIpc) is 2.52. The van der Waals surface area contributed by atoms with E-state index < -0.39 is 46.8 Å². The zero-order chi connectivity index (χ0) is 21.9. The number of rotatable bonds is 2. The number of hydrogen-bond donors (Lipinski definition) is 4. The lowest BCUT2D eigenvalue weighted by Crippen LogP contribution is -2.08. The summed E-state index contributed by atoms with van der Waals surface area (Å²) >= 11 is 0. The fourth-order valence-electron chi connectivity index (χ4n) is 1.87. The largest absolute Gasteiger partial charge is 0.478 e. The number of carboxylic acid groups (broad SMARTS) is 2. The number of nitrogen functional groups attached to an aromatic ring is 2. The summed E-state index contributed by atoms with van der Waals surface area (Å²) in [4.78, 5) is 20.8. The highest BCUT2D eigenvalue weighted by molar-refractivity contribution is 5.94. The number of carbonyl (C=O) groups is 2. The van der Waals surface area contributed by atoms with Gasteiger partial charge in [0, 0.05) is 11.4 Å². The summed E-state index contributed by atoms with van der Waals surface area (Å²) in [7, 11) is 0. The minimum absolute atomic E-state index is 0.335. The van der Waals surface area contributed by atoms with E-state index >= 15 is 0 Å². The first kappa shape index (κ1) is 22.6. The first-order valence-electron chi connectivity index (χ1n) is 7.04. The summed E-state index contributed by atoms with van der Waals surface area (Å²) < 4.78 is 72.6. The van der Waals surface area contributed by atoms with E-state index in [2.05, 4.69) is 0 Å². The van der Waals surface area contributed by atoms with Crippen LogP contribution < -0.4 is 11.5 Å². The Morgan fingerprint density at radius 3 is 1.14 bits per heavy atom. The van der Waals surface area contributed by atoms with E-state index in [4.69, 9.17) is 21.7 Å². The van der Waals surface area contributed by atoms with Crippen molar-refractivity contribution in [3.8, 4) is 0 Å². The third kappa shape index (κ3) is 5.79. The first-order chi connectivity index (χ1) is 12.6. The van der Waals surface area contributed by atoms with Gasteiger partial charge in [-0.3, -0.25) is 0 Å². The fraction of sp³-hybridized carbons (Fsp3) is 0.125. The van der Waals surface area contributed by atoms with Gasteiger partial charge in [-0.1, -0.05) is 0 Å². The predicted molar refractivity (Wildman–Crippen MR) is 85.6 cm³/mol. The van der Waals surface area contributed by atoms with Gasteiger partial charge >= 0.3 is 24.3 Å². The monoisotopic (exact) mass is 410 g/mol. The summed E-state index contributed by atoms with van der Waals surface area (Å²) in [6, 6.07) is 4.23. The Balaban J connectivity index is 0.000000280. The zero-order valence-electron chi connectivity index (χ0n) is 13.6. The van der Waals surface area contributed by atoms with Crippen molar-refractivity contribution in [3.05, 3.63) is 58.7 Å². The second-order valence-corrected chi connectivity index (χ2v) is 5.21. The maximum atomic E-state index is 12.1. The molecule has 6 N–H and O–H groups in total. The number of aromatic carboxylic acids is 2. The molecule has 12 heteroatoms. The van der Waals surface area contributed by atoms with Crippen LogP contribution in [-0.2, 0) is 12.4 Å². The molecule has 28 heavy (non-hydrogen) atoms. The molecule has 0 aliphatic carbocycles. The molecule has 0 fully saturated rings. The molecule has 2 rings (SSSR count). The highest BCUT2D eigenvalue weighted by Crippen LogP contribution is 2.32. The van der Waals surface area contributed by atoms with Gasteiger partial charge in [-0.2, -0.15) is 26.3 Å². The predicted octanol–water partition coefficient (Wildman–Crippen LogP) is 3.97. The number of hydrogen-bond acceptors (Lipinski definition) is 4. The lowest BCUT2D eigenvalue weighted by Gasteiger charge is -2.08. The third-order valence-corrected chi connectivity index (χ3v) is 3.22. The molecule has 6 nitrogen and oxygen atoms in total.